The van der Waals surface area contributed by atoms with Crippen molar-refractivity contribution in [2.75, 3.05) is 18.9 Å². The maximum absolute atomic E-state index is 12.3. The third-order valence-corrected chi connectivity index (χ3v) is 4.56. The lowest BCUT2D eigenvalue weighted by Gasteiger charge is -2.19. The normalized spacial score (nSPS) is 12.6. The zero-order chi connectivity index (χ0) is 20.1. The van der Waals surface area contributed by atoms with Crippen molar-refractivity contribution in [1.29, 1.82) is 0 Å². The van der Waals surface area contributed by atoms with E-state index in [0.717, 1.165) is 12.0 Å². The smallest absolute Gasteiger partial charge is 0.408 e. The highest BCUT2D eigenvalue weighted by atomic mass is 32.2. The summed E-state index contributed by atoms with van der Waals surface area (Å²) in [4.78, 5) is 35.9. The van der Waals surface area contributed by atoms with E-state index in [9.17, 15) is 14.4 Å². The standard InChI is InChI=1S/C19H28N2O5S/c1-4-11-20-17(22)16(13-27-12-15-9-7-6-8-10-15)21-19(24)26-14(3)18(23)25-5-2/h6-10,14,16H,4-5,11-13H2,1-3H3,(H,20,22)(H,21,24)/t14-,16-/m0/s1. The number of hydrogen-bond acceptors (Lipinski definition) is 6. The molecule has 0 fully saturated rings. The summed E-state index contributed by atoms with van der Waals surface area (Å²) in [5, 5.41) is 5.31. The van der Waals surface area contributed by atoms with Crippen LogP contribution in [0.1, 0.15) is 32.8 Å². The molecule has 0 radical (unpaired) electrons. The summed E-state index contributed by atoms with van der Waals surface area (Å²) in [6, 6.07) is 9.09. The van der Waals surface area contributed by atoms with Crippen molar-refractivity contribution in [3.05, 3.63) is 35.9 Å². The molecule has 1 aromatic rings. The van der Waals surface area contributed by atoms with E-state index in [-0.39, 0.29) is 12.5 Å². The molecule has 2 atom stereocenters. The topological polar surface area (TPSA) is 93.7 Å². The Bertz CT molecular complexity index is 597. The molecule has 0 spiro atoms. The average molecular weight is 397 g/mol. The summed E-state index contributed by atoms with van der Waals surface area (Å²) in [6.45, 7) is 5.76. The SMILES string of the molecule is CCCNC(=O)[C@H](CSCc1ccccc1)NC(=O)O[C@@H](C)C(=O)OCC. The van der Waals surface area contributed by atoms with Crippen LogP contribution in [0.15, 0.2) is 30.3 Å². The second-order valence-corrected chi connectivity index (χ2v) is 6.82. The molecule has 1 aromatic carbocycles. The molecule has 8 heteroatoms. The van der Waals surface area contributed by atoms with Crippen LogP contribution in [-0.2, 0) is 24.8 Å². The monoisotopic (exact) mass is 396 g/mol. The summed E-state index contributed by atoms with van der Waals surface area (Å²) in [5.41, 5.74) is 1.13. The molecule has 0 heterocycles. The summed E-state index contributed by atoms with van der Waals surface area (Å²) in [7, 11) is 0. The average Bonchev–Trinajstić information content (AvgIpc) is 2.66. The quantitative estimate of drug-likeness (QED) is 0.558. The number of esters is 1. The molecule has 0 aliphatic heterocycles. The number of rotatable bonds is 11. The molecule has 0 saturated heterocycles. The Morgan fingerprint density at radius 3 is 2.48 bits per heavy atom. The van der Waals surface area contributed by atoms with Gasteiger partial charge in [-0.2, -0.15) is 11.8 Å². The molecular formula is C19H28N2O5S. The second-order valence-electron chi connectivity index (χ2n) is 5.79. The number of amides is 2. The molecule has 7 nitrogen and oxygen atoms in total. The molecule has 150 valence electrons. The predicted molar refractivity (Wildman–Crippen MR) is 105 cm³/mol. The summed E-state index contributed by atoms with van der Waals surface area (Å²) < 4.78 is 9.80. The van der Waals surface area contributed by atoms with Gasteiger partial charge >= 0.3 is 12.1 Å². The lowest BCUT2D eigenvalue weighted by molar-refractivity contribution is -0.152. The molecule has 2 amide bonds. The van der Waals surface area contributed by atoms with Crippen LogP contribution in [-0.4, -0.2) is 49.0 Å². The zero-order valence-corrected chi connectivity index (χ0v) is 16.8. The van der Waals surface area contributed by atoms with Crippen LogP contribution >= 0.6 is 11.8 Å². The van der Waals surface area contributed by atoms with Gasteiger partial charge in [0.05, 0.1) is 6.61 Å². The number of nitrogens with one attached hydrogen (secondary N) is 2. The zero-order valence-electron chi connectivity index (χ0n) is 16.0. The summed E-state index contributed by atoms with van der Waals surface area (Å²) in [5.74, 6) is 0.193. The number of alkyl carbamates (subject to hydrolysis) is 1. The van der Waals surface area contributed by atoms with Crippen molar-refractivity contribution >= 4 is 29.7 Å². The van der Waals surface area contributed by atoms with Gasteiger partial charge in [-0.15, -0.1) is 0 Å². The van der Waals surface area contributed by atoms with Crippen LogP contribution in [0, 0.1) is 0 Å². The number of benzene rings is 1. The van der Waals surface area contributed by atoms with Crippen molar-refractivity contribution in [3.8, 4) is 0 Å². The molecule has 0 bridgehead atoms. The molecule has 0 aliphatic rings. The number of carbonyl (C=O) groups excluding carboxylic acids is 3. The van der Waals surface area contributed by atoms with Gasteiger partial charge in [0.1, 0.15) is 6.04 Å². The Labute approximate surface area is 164 Å². The maximum Gasteiger partial charge on any atom is 0.408 e. The minimum Gasteiger partial charge on any atom is -0.463 e. The first-order valence-corrected chi connectivity index (χ1v) is 10.2. The van der Waals surface area contributed by atoms with Gasteiger partial charge in [-0.1, -0.05) is 37.3 Å². The largest absolute Gasteiger partial charge is 0.463 e. The van der Waals surface area contributed by atoms with Crippen molar-refractivity contribution in [2.24, 2.45) is 0 Å². The van der Waals surface area contributed by atoms with Gasteiger partial charge in [-0.3, -0.25) is 4.79 Å². The fraction of sp³-hybridized carbons (Fsp3) is 0.526. The second kappa shape index (κ2) is 13.0. The third-order valence-electron chi connectivity index (χ3n) is 3.46. The van der Waals surface area contributed by atoms with Gasteiger partial charge in [0.25, 0.3) is 0 Å². The Kier molecular flexibility index (Phi) is 11.0. The van der Waals surface area contributed by atoms with Gasteiger partial charge in [-0.05, 0) is 25.8 Å². The highest BCUT2D eigenvalue weighted by Gasteiger charge is 2.24. The first-order chi connectivity index (χ1) is 13.0. The molecular weight excluding hydrogens is 368 g/mol. The minimum atomic E-state index is -1.04. The van der Waals surface area contributed by atoms with E-state index in [4.69, 9.17) is 9.47 Å². The number of carbonyl (C=O) groups is 3. The molecule has 0 saturated carbocycles. The first-order valence-electron chi connectivity index (χ1n) is 9.01. The predicted octanol–water partition coefficient (Wildman–Crippen LogP) is 2.49. The Morgan fingerprint density at radius 2 is 1.85 bits per heavy atom. The van der Waals surface area contributed by atoms with Crippen LogP contribution in [0.25, 0.3) is 0 Å². The van der Waals surface area contributed by atoms with E-state index in [1.807, 2.05) is 37.3 Å². The van der Waals surface area contributed by atoms with E-state index in [1.165, 1.54) is 18.7 Å². The number of hydrogen-bond donors (Lipinski definition) is 2. The summed E-state index contributed by atoms with van der Waals surface area (Å²) in [6.07, 6.45) is -1.08. The van der Waals surface area contributed by atoms with Crippen molar-refractivity contribution in [3.63, 3.8) is 0 Å². The van der Waals surface area contributed by atoms with Crippen molar-refractivity contribution in [1.82, 2.24) is 10.6 Å². The lowest BCUT2D eigenvalue weighted by Crippen LogP contribution is -2.49. The fourth-order valence-corrected chi connectivity index (χ4v) is 3.08. The van der Waals surface area contributed by atoms with Crippen molar-refractivity contribution < 1.29 is 23.9 Å². The summed E-state index contributed by atoms with van der Waals surface area (Å²) >= 11 is 1.53. The van der Waals surface area contributed by atoms with Crippen LogP contribution in [0.4, 0.5) is 4.79 Å². The molecule has 2 N–H and O–H groups in total. The molecule has 0 aliphatic carbocycles. The number of ether oxygens (including phenoxy) is 2. The van der Waals surface area contributed by atoms with Crippen LogP contribution in [0.5, 0.6) is 0 Å². The van der Waals surface area contributed by atoms with E-state index < -0.39 is 24.2 Å². The van der Waals surface area contributed by atoms with Gasteiger partial charge in [-0.25, -0.2) is 9.59 Å². The Hall–Kier alpha value is -2.22. The van der Waals surface area contributed by atoms with Gasteiger partial charge in [0, 0.05) is 18.1 Å². The van der Waals surface area contributed by atoms with E-state index in [2.05, 4.69) is 10.6 Å². The molecule has 27 heavy (non-hydrogen) atoms. The van der Waals surface area contributed by atoms with Crippen LogP contribution in [0.3, 0.4) is 0 Å². The Morgan fingerprint density at radius 1 is 1.15 bits per heavy atom. The van der Waals surface area contributed by atoms with Crippen LogP contribution < -0.4 is 10.6 Å². The molecule has 0 aromatic heterocycles. The van der Waals surface area contributed by atoms with Crippen LogP contribution in [0.2, 0.25) is 0 Å². The van der Waals surface area contributed by atoms with Gasteiger partial charge < -0.3 is 20.1 Å². The third kappa shape index (κ3) is 9.33. The van der Waals surface area contributed by atoms with E-state index >= 15 is 0 Å². The van der Waals surface area contributed by atoms with Gasteiger partial charge in [0.2, 0.25) is 5.91 Å². The van der Waals surface area contributed by atoms with E-state index in [0.29, 0.717) is 18.1 Å². The maximum atomic E-state index is 12.3. The lowest BCUT2D eigenvalue weighted by atomic mass is 10.2. The highest BCUT2D eigenvalue weighted by molar-refractivity contribution is 7.98. The fourth-order valence-electron chi connectivity index (χ4n) is 2.07. The first kappa shape index (κ1) is 22.8. The minimum absolute atomic E-state index is 0.201. The molecule has 1 rings (SSSR count). The number of thioether (sulfide) groups is 1. The Balaban J connectivity index is 2.58. The van der Waals surface area contributed by atoms with Gasteiger partial charge in [0.15, 0.2) is 6.10 Å². The highest BCUT2D eigenvalue weighted by Crippen LogP contribution is 2.13. The van der Waals surface area contributed by atoms with Crippen molar-refractivity contribution in [2.45, 2.75) is 45.1 Å². The van der Waals surface area contributed by atoms with E-state index in [1.54, 1.807) is 6.92 Å². The molecule has 0 unspecified atom stereocenters.